The van der Waals surface area contributed by atoms with Crippen molar-refractivity contribution in [3.63, 3.8) is 0 Å². The summed E-state index contributed by atoms with van der Waals surface area (Å²) >= 11 is 1.32. The number of thioether (sulfide) groups is 1. The molecule has 8 nitrogen and oxygen atoms in total. The molecule has 1 aromatic heterocycles. The summed E-state index contributed by atoms with van der Waals surface area (Å²) in [6.07, 6.45) is 0. The van der Waals surface area contributed by atoms with Crippen molar-refractivity contribution in [2.75, 3.05) is 32.1 Å². The predicted molar refractivity (Wildman–Crippen MR) is 93.0 cm³/mol. The van der Waals surface area contributed by atoms with E-state index in [4.69, 9.17) is 4.74 Å². The molecule has 0 aliphatic carbocycles. The minimum atomic E-state index is -0.0326. The van der Waals surface area contributed by atoms with E-state index >= 15 is 0 Å². The van der Waals surface area contributed by atoms with E-state index < -0.39 is 0 Å². The van der Waals surface area contributed by atoms with Crippen LogP contribution in [0.3, 0.4) is 0 Å². The lowest BCUT2D eigenvalue weighted by atomic mass is 10.1. The van der Waals surface area contributed by atoms with Crippen molar-refractivity contribution >= 4 is 17.7 Å². The Morgan fingerprint density at radius 3 is 2.68 bits per heavy atom. The maximum atomic E-state index is 11.9. The zero-order valence-corrected chi connectivity index (χ0v) is 15.1. The Balaban J connectivity index is 1.40. The van der Waals surface area contributed by atoms with Crippen LogP contribution < -0.4 is 10.2 Å². The fourth-order valence-electron chi connectivity index (χ4n) is 2.63. The van der Waals surface area contributed by atoms with Gasteiger partial charge in [0.05, 0.1) is 19.0 Å². The Kier molecular flexibility index (Phi) is 6.37. The third kappa shape index (κ3) is 5.52. The second kappa shape index (κ2) is 8.93. The van der Waals surface area contributed by atoms with Crippen molar-refractivity contribution in [1.29, 1.82) is 0 Å². The van der Waals surface area contributed by atoms with E-state index in [2.05, 4.69) is 45.1 Å². The third-order valence-corrected chi connectivity index (χ3v) is 5.09. The first-order valence-electron chi connectivity index (χ1n) is 8.31. The van der Waals surface area contributed by atoms with Gasteiger partial charge in [-0.15, -0.1) is 5.10 Å². The van der Waals surface area contributed by atoms with Gasteiger partial charge in [-0.3, -0.25) is 4.79 Å². The quantitative estimate of drug-likeness (QED) is 0.616. The molecule has 0 unspecified atom stereocenters. The number of nitrogens with one attached hydrogen (secondary N) is 2. The first kappa shape index (κ1) is 17.8. The van der Waals surface area contributed by atoms with Crippen LogP contribution in [-0.2, 0) is 29.7 Å². The van der Waals surface area contributed by atoms with E-state index in [0.29, 0.717) is 17.5 Å². The molecule has 0 radical (unpaired) electrons. The number of tetrazole rings is 1. The van der Waals surface area contributed by atoms with Gasteiger partial charge in [0.2, 0.25) is 11.1 Å². The van der Waals surface area contributed by atoms with Crippen molar-refractivity contribution in [3.8, 4) is 0 Å². The molecule has 0 saturated carbocycles. The normalized spacial score (nSPS) is 15.2. The number of nitrogens with zero attached hydrogens (tertiary/aromatic N) is 4. The minimum absolute atomic E-state index is 0.0326. The molecule has 9 heteroatoms. The summed E-state index contributed by atoms with van der Waals surface area (Å²) in [5.41, 5.74) is 2.41. The van der Waals surface area contributed by atoms with Crippen LogP contribution in [0.15, 0.2) is 29.4 Å². The van der Waals surface area contributed by atoms with Crippen molar-refractivity contribution in [1.82, 2.24) is 25.5 Å². The number of morpholine rings is 1. The monoisotopic (exact) mass is 363 g/mol. The highest BCUT2D eigenvalue weighted by atomic mass is 32.2. The number of aryl methyl sites for hydroxylation is 1. The van der Waals surface area contributed by atoms with E-state index in [9.17, 15) is 4.79 Å². The molecular formula is C16H23N6O2S+. The number of carbonyl (C=O) groups excluding carboxylic acids is 1. The van der Waals surface area contributed by atoms with Crippen molar-refractivity contribution in [2.45, 2.75) is 18.2 Å². The van der Waals surface area contributed by atoms with Gasteiger partial charge in [-0.2, -0.15) is 0 Å². The SMILES string of the molecule is Cn1nnnc1SCC(=O)NCc1ccc(C[NH+]2CCOCC2)cc1. The van der Waals surface area contributed by atoms with Crippen LogP contribution in [0, 0.1) is 0 Å². The van der Waals surface area contributed by atoms with Crippen LogP contribution >= 0.6 is 11.8 Å². The number of carbonyl (C=O) groups is 1. The molecule has 1 saturated heterocycles. The highest BCUT2D eigenvalue weighted by molar-refractivity contribution is 7.99. The number of hydrogen-bond donors (Lipinski definition) is 2. The third-order valence-electron chi connectivity index (χ3n) is 4.08. The second-order valence-electron chi connectivity index (χ2n) is 6.01. The highest BCUT2D eigenvalue weighted by Gasteiger charge is 2.14. The van der Waals surface area contributed by atoms with E-state index in [-0.39, 0.29) is 5.91 Å². The standard InChI is InChI=1S/C16H22N6O2S/c1-21-16(18-19-20-21)25-12-15(23)17-10-13-2-4-14(5-3-13)11-22-6-8-24-9-7-22/h2-5H,6-12H2,1H3,(H,17,23)/p+1. The maximum absolute atomic E-state index is 11.9. The second-order valence-corrected chi connectivity index (χ2v) is 6.95. The molecule has 2 heterocycles. The summed E-state index contributed by atoms with van der Waals surface area (Å²) in [4.78, 5) is 13.5. The summed E-state index contributed by atoms with van der Waals surface area (Å²) in [6, 6.07) is 8.44. The molecule has 1 aliphatic rings. The van der Waals surface area contributed by atoms with Gasteiger partial charge in [0, 0.05) is 19.2 Å². The van der Waals surface area contributed by atoms with Gasteiger partial charge >= 0.3 is 0 Å². The molecule has 25 heavy (non-hydrogen) atoms. The van der Waals surface area contributed by atoms with E-state index in [1.54, 1.807) is 16.6 Å². The molecule has 134 valence electrons. The Morgan fingerprint density at radius 2 is 2.00 bits per heavy atom. The van der Waals surface area contributed by atoms with Crippen LogP contribution in [0.1, 0.15) is 11.1 Å². The van der Waals surface area contributed by atoms with Gasteiger partial charge in [-0.25, -0.2) is 4.68 Å². The Morgan fingerprint density at radius 1 is 1.28 bits per heavy atom. The number of rotatable bonds is 7. The summed E-state index contributed by atoms with van der Waals surface area (Å²) in [5, 5.41) is 14.7. The van der Waals surface area contributed by atoms with Crippen LogP contribution in [0.4, 0.5) is 0 Å². The van der Waals surface area contributed by atoms with Crippen LogP contribution in [-0.4, -0.2) is 58.2 Å². The molecule has 2 N–H and O–H groups in total. The van der Waals surface area contributed by atoms with E-state index in [1.165, 1.54) is 17.3 Å². The van der Waals surface area contributed by atoms with Crippen LogP contribution in [0.2, 0.25) is 0 Å². The molecule has 1 aromatic carbocycles. The van der Waals surface area contributed by atoms with Gasteiger partial charge in [0.1, 0.15) is 19.6 Å². The van der Waals surface area contributed by atoms with E-state index in [1.807, 2.05) is 0 Å². The number of quaternary nitrogens is 1. The maximum Gasteiger partial charge on any atom is 0.230 e. The lowest BCUT2D eigenvalue weighted by molar-refractivity contribution is -0.921. The average Bonchev–Trinajstić information content (AvgIpc) is 3.05. The Bertz CT molecular complexity index is 684. The molecule has 1 fully saturated rings. The van der Waals surface area contributed by atoms with Crippen molar-refractivity contribution in [2.24, 2.45) is 7.05 Å². The first-order chi connectivity index (χ1) is 12.2. The van der Waals surface area contributed by atoms with Gasteiger partial charge < -0.3 is 15.0 Å². The lowest BCUT2D eigenvalue weighted by Crippen LogP contribution is -3.12. The molecule has 1 aliphatic heterocycles. The van der Waals surface area contributed by atoms with Gasteiger partial charge in [0.25, 0.3) is 0 Å². The number of aromatic nitrogens is 4. The summed E-state index contributed by atoms with van der Waals surface area (Å²) in [7, 11) is 1.75. The fourth-order valence-corrected chi connectivity index (χ4v) is 3.31. The topological polar surface area (TPSA) is 86.4 Å². The largest absolute Gasteiger partial charge is 0.370 e. The smallest absolute Gasteiger partial charge is 0.230 e. The molecule has 2 aromatic rings. The molecule has 0 bridgehead atoms. The Labute approximate surface area is 150 Å². The number of hydrogen-bond acceptors (Lipinski definition) is 6. The van der Waals surface area contributed by atoms with Crippen molar-refractivity contribution in [3.05, 3.63) is 35.4 Å². The highest BCUT2D eigenvalue weighted by Crippen LogP contribution is 2.11. The molecule has 1 amide bonds. The minimum Gasteiger partial charge on any atom is -0.370 e. The summed E-state index contributed by atoms with van der Waals surface area (Å²) in [5.74, 6) is 0.266. The van der Waals surface area contributed by atoms with Crippen LogP contribution in [0.25, 0.3) is 0 Å². The first-order valence-corrected chi connectivity index (χ1v) is 9.30. The predicted octanol–water partition coefficient (Wildman–Crippen LogP) is -0.966. The van der Waals surface area contributed by atoms with E-state index in [0.717, 1.165) is 38.4 Å². The van der Waals surface area contributed by atoms with Gasteiger partial charge in [-0.1, -0.05) is 36.0 Å². The average molecular weight is 363 g/mol. The summed E-state index contributed by atoms with van der Waals surface area (Å²) < 4.78 is 6.93. The van der Waals surface area contributed by atoms with Gasteiger partial charge in [0.15, 0.2) is 0 Å². The molecule has 0 spiro atoms. The fraction of sp³-hybridized carbons (Fsp3) is 0.500. The number of benzene rings is 1. The zero-order valence-electron chi connectivity index (χ0n) is 14.3. The van der Waals surface area contributed by atoms with Crippen molar-refractivity contribution < 1.29 is 14.4 Å². The molecular weight excluding hydrogens is 340 g/mol. The Hall–Kier alpha value is -1.97. The number of ether oxygens (including phenoxy) is 1. The van der Waals surface area contributed by atoms with Crippen LogP contribution in [0.5, 0.6) is 0 Å². The van der Waals surface area contributed by atoms with Gasteiger partial charge in [-0.05, 0) is 16.0 Å². The molecule has 3 rings (SSSR count). The molecule has 0 atom stereocenters. The number of amides is 1. The zero-order chi connectivity index (χ0) is 17.5. The lowest BCUT2D eigenvalue weighted by Gasteiger charge is -2.23. The summed E-state index contributed by atoms with van der Waals surface area (Å²) in [6.45, 7) is 5.39.